The fourth-order valence-corrected chi connectivity index (χ4v) is 2.57. The smallest absolute Gasteiger partial charge is 0.122 e. The number of nitrogens with one attached hydrogen (secondary N) is 1. The molecule has 1 aliphatic heterocycles. The van der Waals surface area contributed by atoms with Crippen LogP contribution in [0.4, 0.5) is 0 Å². The number of hydrogen-bond acceptors (Lipinski definition) is 2. The predicted octanol–water partition coefficient (Wildman–Crippen LogP) is 3.02. The minimum absolute atomic E-state index is 0.706. The second kappa shape index (κ2) is 6.06. The van der Waals surface area contributed by atoms with Gasteiger partial charge in [-0.3, -0.25) is 0 Å². The zero-order chi connectivity index (χ0) is 12.1. The molecular weight excluding hydrogens is 210 g/mol. The molecule has 17 heavy (non-hydrogen) atoms. The molecule has 1 N–H and O–H groups in total. The van der Waals surface area contributed by atoms with Crippen molar-refractivity contribution in [1.29, 1.82) is 0 Å². The van der Waals surface area contributed by atoms with Crippen molar-refractivity contribution in [2.45, 2.75) is 38.6 Å². The maximum absolute atomic E-state index is 5.39. The number of rotatable bonds is 4. The summed E-state index contributed by atoms with van der Waals surface area (Å²) in [4.78, 5) is 0. The van der Waals surface area contributed by atoms with E-state index in [1.165, 1.54) is 31.4 Å². The van der Waals surface area contributed by atoms with Crippen molar-refractivity contribution in [3.8, 4) is 5.75 Å². The maximum Gasteiger partial charge on any atom is 0.122 e. The van der Waals surface area contributed by atoms with Gasteiger partial charge in [0.15, 0.2) is 0 Å². The number of piperidine rings is 1. The summed E-state index contributed by atoms with van der Waals surface area (Å²) in [6.45, 7) is 3.45. The minimum Gasteiger partial charge on any atom is -0.496 e. The quantitative estimate of drug-likeness (QED) is 0.863. The van der Waals surface area contributed by atoms with Gasteiger partial charge >= 0.3 is 0 Å². The van der Waals surface area contributed by atoms with Crippen molar-refractivity contribution in [1.82, 2.24) is 5.32 Å². The Bertz CT molecular complexity index is 343. The Morgan fingerprint density at radius 1 is 1.29 bits per heavy atom. The van der Waals surface area contributed by atoms with Crippen LogP contribution >= 0.6 is 0 Å². The van der Waals surface area contributed by atoms with Crippen LogP contribution in [-0.4, -0.2) is 19.7 Å². The highest BCUT2D eigenvalue weighted by atomic mass is 16.5. The summed E-state index contributed by atoms with van der Waals surface area (Å²) >= 11 is 0. The Morgan fingerprint density at radius 2 is 2.12 bits per heavy atom. The van der Waals surface area contributed by atoms with Gasteiger partial charge in [-0.25, -0.2) is 0 Å². The van der Waals surface area contributed by atoms with Crippen LogP contribution < -0.4 is 10.1 Å². The van der Waals surface area contributed by atoms with Crippen LogP contribution in [0.1, 0.15) is 31.7 Å². The van der Waals surface area contributed by atoms with Crippen LogP contribution in [-0.2, 0) is 6.42 Å². The molecule has 2 heteroatoms. The molecule has 1 fully saturated rings. The van der Waals surface area contributed by atoms with Gasteiger partial charge < -0.3 is 10.1 Å². The van der Waals surface area contributed by atoms with Crippen LogP contribution in [0.25, 0.3) is 0 Å². The fraction of sp³-hybridized carbons (Fsp3) is 0.600. The summed E-state index contributed by atoms with van der Waals surface area (Å²) in [6.07, 6.45) is 5.07. The normalized spacial score (nSPS) is 24.6. The molecule has 0 spiro atoms. The summed E-state index contributed by atoms with van der Waals surface area (Å²) in [6, 6.07) is 9.07. The molecule has 0 bridgehead atoms. The zero-order valence-electron chi connectivity index (χ0n) is 10.9. The lowest BCUT2D eigenvalue weighted by atomic mass is 9.90. The second-order valence-corrected chi connectivity index (χ2v) is 5.10. The third kappa shape index (κ3) is 3.47. The zero-order valence-corrected chi connectivity index (χ0v) is 10.9. The number of para-hydroxylation sites is 1. The number of hydrogen-bond donors (Lipinski definition) is 1. The van der Waals surface area contributed by atoms with E-state index in [0.717, 1.165) is 18.1 Å². The molecule has 0 saturated carbocycles. The van der Waals surface area contributed by atoms with Crippen molar-refractivity contribution in [3.05, 3.63) is 29.8 Å². The van der Waals surface area contributed by atoms with Gasteiger partial charge in [-0.05, 0) is 56.7 Å². The van der Waals surface area contributed by atoms with E-state index in [2.05, 4.69) is 30.4 Å². The average molecular weight is 233 g/mol. The first kappa shape index (κ1) is 12.4. The number of methoxy groups -OCH3 is 1. The highest BCUT2D eigenvalue weighted by molar-refractivity contribution is 5.33. The first-order valence-corrected chi connectivity index (χ1v) is 6.65. The number of ether oxygens (including phenoxy) is 1. The average Bonchev–Trinajstić information content (AvgIpc) is 2.38. The molecule has 2 atom stereocenters. The van der Waals surface area contributed by atoms with E-state index in [9.17, 15) is 0 Å². The van der Waals surface area contributed by atoms with E-state index < -0.39 is 0 Å². The molecule has 2 nitrogen and oxygen atoms in total. The van der Waals surface area contributed by atoms with Crippen molar-refractivity contribution >= 4 is 0 Å². The van der Waals surface area contributed by atoms with E-state index in [-0.39, 0.29) is 0 Å². The third-order valence-corrected chi connectivity index (χ3v) is 3.78. The molecule has 1 saturated heterocycles. The standard InChI is InChI=1S/C15H23NO/c1-12-7-8-13(11-16-12)9-10-14-5-3-4-6-15(14)17-2/h3-6,12-13,16H,7-11H2,1-2H3. The van der Waals surface area contributed by atoms with E-state index in [1.54, 1.807) is 7.11 Å². The second-order valence-electron chi connectivity index (χ2n) is 5.10. The Kier molecular flexibility index (Phi) is 4.43. The Hall–Kier alpha value is -1.02. The molecule has 2 rings (SSSR count). The molecule has 0 aliphatic carbocycles. The van der Waals surface area contributed by atoms with Gasteiger partial charge in [0.2, 0.25) is 0 Å². The van der Waals surface area contributed by atoms with Crippen molar-refractivity contribution in [3.63, 3.8) is 0 Å². The molecule has 1 aromatic carbocycles. The monoisotopic (exact) mass is 233 g/mol. The fourth-order valence-electron chi connectivity index (χ4n) is 2.57. The van der Waals surface area contributed by atoms with Crippen molar-refractivity contribution < 1.29 is 4.74 Å². The van der Waals surface area contributed by atoms with Crippen LogP contribution in [0.2, 0.25) is 0 Å². The maximum atomic E-state index is 5.39. The van der Waals surface area contributed by atoms with E-state index in [1.807, 2.05) is 6.07 Å². The molecular formula is C15H23NO. The van der Waals surface area contributed by atoms with Crippen LogP contribution in [0, 0.1) is 5.92 Å². The van der Waals surface area contributed by atoms with Gasteiger partial charge in [0.25, 0.3) is 0 Å². The first-order chi connectivity index (χ1) is 8.29. The van der Waals surface area contributed by atoms with E-state index in [4.69, 9.17) is 4.74 Å². The Labute approximate surface area is 104 Å². The van der Waals surface area contributed by atoms with Gasteiger partial charge in [-0.1, -0.05) is 18.2 Å². The molecule has 0 aromatic heterocycles. The van der Waals surface area contributed by atoms with Gasteiger partial charge in [0, 0.05) is 6.04 Å². The molecule has 0 amide bonds. The summed E-state index contributed by atoms with van der Waals surface area (Å²) in [5.41, 5.74) is 1.34. The molecule has 0 radical (unpaired) electrons. The predicted molar refractivity (Wildman–Crippen MR) is 71.5 cm³/mol. The van der Waals surface area contributed by atoms with Gasteiger partial charge in [0.1, 0.15) is 5.75 Å². The van der Waals surface area contributed by atoms with Crippen LogP contribution in [0.15, 0.2) is 24.3 Å². The highest BCUT2D eigenvalue weighted by Gasteiger charge is 2.17. The topological polar surface area (TPSA) is 21.3 Å². The lowest BCUT2D eigenvalue weighted by Gasteiger charge is -2.27. The first-order valence-electron chi connectivity index (χ1n) is 6.65. The molecule has 1 heterocycles. The lowest BCUT2D eigenvalue weighted by Crippen LogP contribution is -2.36. The van der Waals surface area contributed by atoms with Crippen LogP contribution in [0.3, 0.4) is 0 Å². The van der Waals surface area contributed by atoms with E-state index in [0.29, 0.717) is 6.04 Å². The summed E-state index contributed by atoms with van der Waals surface area (Å²) in [5, 5.41) is 3.57. The minimum atomic E-state index is 0.706. The lowest BCUT2D eigenvalue weighted by molar-refractivity contribution is 0.308. The highest BCUT2D eigenvalue weighted by Crippen LogP contribution is 2.23. The largest absolute Gasteiger partial charge is 0.496 e. The van der Waals surface area contributed by atoms with Crippen molar-refractivity contribution in [2.24, 2.45) is 5.92 Å². The Balaban J connectivity index is 1.85. The number of benzene rings is 1. The molecule has 2 unspecified atom stereocenters. The Morgan fingerprint density at radius 3 is 2.82 bits per heavy atom. The summed E-state index contributed by atoms with van der Waals surface area (Å²) in [5.74, 6) is 1.86. The number of aryl methyl sites for hydroxylation is 1. The van der Waals surface area contributed by atoms with Gasteiger partial charge in [0.05, 0.1) is 7.11 Å². The molecule has 1 aliphatic rings. The van der Waals surface area contributed by atoms with Gasteiger partial charge in [-0.2, -0.15) is 0 Å². The third-order valence-electron chi connectivity index (χ3n) is 3.78. The van der Waals surface area contributed by atoms with Gasteiger partial charge in [-0.15, -0.1) is 0 Å². The SMILES string of the molecule is COc1ccccc1CCC1CCC(C)NC1. The summed E-state index contributed by atoms with van der Waals surface area (Å²) in [7, 11) is 1.75. The molecule has 94 valence electrons. The van der Waals surface area contributed by atoms with E-state index >= 15 is 0 Å². The molecule has 1 aromatic rings. The van der Waals surface area contributed by atoms with Crippen LogP contribution in [0.5, 0.6) is 5.75 Å². The van der Waals surface area contributed by atoms with Crippen molar-refractivity contribution in [2.75, 3.05) is 13.7 Å². The summed E-state index contributed by atoms with van der Waals surface area (Å²) < 4.78 is 5.39.